The van der Waals surface area contributed by atoms with E-state index in [1.165, 1.54) is 4.90 Å². The topological polar surface area (TPSA) is 67.9 Å². The average molecular weight is 413 g/mol. The van der Waals surface area contributed by atoms with Crippen molar-refractivity contribution in [2.45, 2.75) is 40.5 Å². The number of aryl methyl sites for hydroxylation is 2. The molecule has 0 aliphatic carbocycles. The van der Waals surface area contributed by atoms with Crippen molar-refractivity contribution in [1.82, 2.24) is 4.90 Å². The van der Waals surface area contributed by atoms with Gasteiger partial charge in [-0.15, -0.1) is 0 Å². The maximum Gasteiger partial charge on any atom is 0.254 e. The van der Waals surface area contributed by atoms with E-state index in [-0.39, 0.29) is 18.4 Å². The van der Waals surface area contributed by atoms with E-state index in [4.69, 9.17) is 9.47 Å². The number of nitrogens with one attached hydrogen (secondary N) is 1. The van der Waals surface area contributed by atoms with Crippen LogP contribution < -0.4 is 14.8 Å². The predicted molar refractivity (Wildman–Crippen MR) is 120 cm³/mol. The van der Waals surface area contributed by atoms with Crippen molar-refractivity contribution in [2.24, 2.45) is 0 Å². The molecule has 162 valence electrons. The van der Waals surface area contributed by atoms with Crippen LogP contribution in [-0.4, -0.2) is 43.5 Å². The zero-order valence-electron chi connectivity index (χ0n) is 18.6. The molecule has 0 radical (unpaired) electrons. The highest BCUT2D eigenvalue weighted by molar-refractivity contribution is 5.99. The molecular formula is C24H32N2O4. The zero-order chi connectivity index (χ0) is 22.1. The molecule has 2 rings (SSSR count). The Bertz CT molecular complexity index is 880. The second kappa shape index (κ2) is 11.2. The van der Waals surface area contributed by atoms with Crippen molar-refractivity contribution < 1.29 is 19.1 Å². The summed E-state index contributed by atoms with van der Waals surface area (Å²) < 4.78 is 11.5. The minimum Gasteiger partial charge on any atom is -0.490 e. The molecule has 0 spiro atoms. The van der Waals surface area contributed by atoms with Gasteiger partial charge in [-0.3, -0.25) is 9.59 Å². The van der Waals surface area contributed by atoms with E-state index in [1.54, 1.807) is 25.2 Å². The Balaban J connectivity index is 2.08. The van der Waals surface area contributed by atoms with Gasteiger partial charge in [0.2, 0.25) is 5.91 Å². The van der Waals surface area contributed by atoms with Gasteiger partial charge in [-0.05, 0) is 62.1 Å². The first-order chi connectivity index (χ1) is 14.3. The summed E-state index contributed by atoms with van der Waals surface area (Å²) in [5, 5.41) is 2.88. The Morgan fingerprint density at radius 1 is 0.933 bits per heavy atom. The van der Waals surface area contributed by atoms with E-state index in [9.17, 15) is 9.59 Å². The third-order valence-electron chi connectivity index (χ3n) is 4.51. The number of rotatable bonds is 10. The lowest BCUT2D eigenvalue weighted by molar-refractivity contribution is -0.116. The monoisotopic (exact) mass is 412 g/mol. The van der Waals surface area contributed by atoms with Crippen LogP contribution in [0.3, 0.4) is 0 Å². The Labute approximate surface area is 179 Å². The van der Waals surface area contributed by atoms with Crippen LogP contribution in [0.15, 0.2) is 36.4 Å². The molecule has 0 unspecified atom stereocenters. The summed E-state index contributed by atoms with van der Waals surface area (Å²) in [4.78, 5) is 26.7. The van der Waals surface area contributed by atoms with Gasteiger partial charge < -0.3 is 19.7 Å². The van der Waals surface area contributed by atoms with Crippen LogP contribution in [0.1, 0.15) is 48.2 Å². The second-order valence-electron chi connectivity index (χ2n) is 7.39. The van der Waals surface area contributed by atoms with Gasteiger partial charge in [-0.2, -0.15) is 0 Å². The second-order valence-corrected chi connectivity index (χ2v) is 7.39. The van der Waals surface area contributed by atoms with Crippen molar-refractivity contribution >= 4 is 17.5 Å². The molecule has 0 saturated heterocycles. The quantitative estimate of drug-likeness (QED) is 0.620. The van der Waals surface area contributed by atoms with Crippen molar-refractivity contribution in [1.29, 1.82) is 0 Å². The lowest BCUT2D eigenvalue weighted by Crippen LogP contribution is -2.35. The van der Waals surface area contributed by atoms with Crippen molar-refractivity contribution in [3.05, 3.63) is 53.1 Å². The number of amides is 2. The van der Waals surface area contributed by atoms with Crippen LogP contribution in [-0.2, 0) is 4.79 Å². The summed E-state index contributed by atoms with van der Waals surface area (Å²) >= 11 is 0. The zero-order valence-corrected chi connectivity index (χ0v) is 18.6. The van der Waals surface area contributed by atoms with Crippen molar-refractivity contribution in [3.8, 4) is 11.5 Å². The number of likely N-dealkylation sites (N-methyl/N-ethyl adjacent to an activating group) is 1. The van der Waals surface area contributed by atoms with Crippen molar-refractivity contribution in [3.63, 3.8) is 0 Å². The highest BCUT2D eigenvalue weighted by Gasteiger charge is 2.18. The largest absolute Gasteiger partial charge is 0.490 e. The number of ether oxygens (including phenoxy) is 2. The number of carbonyl (C=O) groups is 2. The molecule has 2 aromatic carbocycles. The fraction of sp³-hybridized carbons (Fsp3) is 0.417. The number of carbonyl (C=O) groups excluding carboxylic acids is 2. The SMILES string of the molecule is CCCOc1ccc(C(=O)N(C)CC(=O)Nc2cc(C)ccc2C)cc1OCCC. The molecule has 0 aliphatic rings. The first kappa shape index (κ1) is 23.3. The summed E-state index contributed by atoms with van der Waals surface area (Å²) in [6, 6.07) is 11.0. The van der Waals surface area contributed by atoms with E-state index in [0.717, 1.165) is 29.7 Å². The van der Waals surface area contributed by atoms with Crippen LogP contribution in [0.4, 0.5) is 5.69 Å². The van der Waals surface area contributed by atoms with Gasteiger partial charge in [0.25, 0.3) is 5.91 Å². The third kappa shape index (κ3) is 6.51. The molecule has 2 aromatic rings. The highest BCUT2D eigenvalue weighted by Crippen LogP contribution is 2.29. The van der Waals surface area contributed by atoms with Crippen LogP contribution in [0.25, 0.3) is 0 Å². The molecule has 2 amide bonds. The summed E-state index contributed by atoms with van der Waals surface area (Å²) in [6.45, 7) is 9.02. The minimum absolute atomic E-state index is 0.0501. The third-order valence-corrected chi connectivity index (χ3v) is 4.51. The van der Waals surface area contributed by atoms with E-state index >= 15 is 0 Å². The lowest BCUT2D eigenvalue weighted by Gasteiger charge is -2.19. The number of nitrogens with zero attached hydrogens (tertiary/aromatic N) is 1. The normalized spacial score (nSPS) is 10.4. The lowest BCUT2D eigenvalue weighted by atomic mass is 10.1. The molecule has 0 aromatic heterocycles. The number of hydrogen-bond donors (Lipinski definition) is 1. The van der Waals surface area contributed by atoms with Crippen LogP contribution >= 0.6 is 0 Å². The summed E-state index contributed by atoms with van der Waals surface area (Å²) in [7, 11) is 1.61. The van der Waals surface area contributed by atoms with Gasteiger partial charge in [0.15, 0.2) is 11.5 Å². The predicted octanol–water partition coefficient (Wildman–Crippen LogP) is 4.59. The molecule has 1 N–H and O–H groups in total. The molecule has 0 bridgehead atoms. The van der Waals surface area contributed by atoms with E-state index in [1.807, 2.05) is 45.9 Å². The Hall–Kier alpha value is -3.02. The van der Waals surface area contributed by atoms with E-state index in [0.29, 0.717) is 30.3 Å². The smallest absolute Gasteiger partial charge is 0.254 e. The fourth-order valence-electron chi connectivity index (χ4n) is 2.87. The first-order valence-electron chi connectivity index (χ1n) is 10.4. The molecule has 0 heterocycles. The van der Waals surface area contributed by atoms with Crippen LogP contribution in [0.2, 0.25) is 0 Å². The summed E-state index contributed by atoms with van der Waals surface area (Å²) in [5.74, 6) is 0.668. The van der Waals surface area contributed by atoms with Gasteiger partial charge >= 0.3 is 0 Å². The van der Waals surface area contributed by atoms with E-state index in [2.05, 4.69) is 5.32 Å². The van der Waals surface area contributed by atoms with E-state index < -0.39 is 0 Å². The van der Waals surface area contributed by atoms with Gasteiger partial charge in [-0.1, -0.05) is 26.0 Å². The molecule has 30 heavy (non-hydrogen) atoms. The highest BCUT2D eigenvalue weighted by atomic mass is 16.5. The first-order valence-corrected chi connectivity index (χ1v) is 10.4. The minimum atomic E-state index is -0.255. The molecule has 0 fully saturated rings. The molecule has 0 saturated carbocycles. The van der Waals surface area contributed by atoms with Gasteiger partial charge in [0, 0.05) is 18.3 Å². The number of benzene rings is 2. The maximum atomic E-state index is 12.9. The van der Waals surface area contributed by atoms with Gasteiger partial charge in [0.05, 0.1) is 19.8 Å². The molecule has 6 heteroatoms. The maximum absolute atomic E-state index is 12.9. The Morgan fingerprint density at radius 3 is 2.27 bits per heavy atom. The number of hydrogen-bond acceptors (Lipinski definition) is 4. The number of anilines is 1. The van der Waals surface area contributed by atoms with Crippen LogP contribution in [0, 0.1) is 13.8 Å². The Morgan fingerprint density at radius 2 is 1.60 bits per heavy atom. The molecule has 0 atom stereocenters. The van der Waals surface area contributed by atoms with Crippen molar-refractivity contribution in [2.75, 3.05) is 32.1 Å². The molecule has 6 nitrogen and oxygen atoms in total. The average Bonchev–Trinajstić information content (AvgIpc) is 2.72. The van der Waals surface area contributed by atoms with Gasteiger partial charge in [-0.25, -0.2) is 0 Å². The molecular weight excluding hydrogens is 380 g/mol. The summed E-state index contributed by atoms with van der Waals surface area (Å²) in [6.07, 6.45) is 1.73. The fourth-order valence-corrected chi connectivity index (χ4v) is 2.87. The standard InChI is InChI=1S/C24H32N2O4/c1-6-12-29-21-11-10-19(15-22(21)30-13-7-2)24(28)26(5)16-23(27)25-20-14-17(3)8-9-18(20)4/h8-11,14-15H,6-7,12-13,16H2,1-5H3,(H,25,27). The Kier molecular flexibility index (Phi) is 8.71. The summed E-state index contributed by atoms with van der Waals surface area (Å²) in [5.41, 5.74) is 3.24. The van der Waals surface area contributed by atoms with Gasteiger partial charge in [0.1, 0.15) is 0 Å². The molecule has 0 aliphatic heterocycles. The van der Waals surface area contributed by atoms with Crippen LogP contribution in [0.5, 0.6) is 11.5 Å².